The smallest absolute Gasteiger partial charge is 0.0494 e. The van der Waals surface area contributed by atoms with E-state index in [1.165, 1.54) is 24.0 Å². The summed E-state index contributed by atoms with van der Waals surface area (Å²) in [6.45, 7) is 11.4. The summed E-state index contributed by atoms with van der Waals surface area (Å²) < 4.78 is 5.66. The van der Waals surface area contributed by atoms with Gasteiger partial charge in [-0.15, -0.1) is 0 Å². The van der Waals surface area contributed by atoms with E-state index in [0.29, 0.717) is 6.04 Å². The van der Waals surface area contributed by atoms with Gasteiger partial charge < -0.3 is 10.1 Å². The summed E-state index contributed by atoms with van der Waals surface area (Å²) in [6.07, 6.45) is 3.82. The summed E-state index contributed by atoms with van der Waals surface area (Å²) in [6, 6.07) is 2.52. The van der Waals surface area contributed by atoms with Gasteiger partial charge in [-0.25, -0.2) is 0 Å². The standard InChI is InChI=1S/C17H28N2O/c1-12-10-13(2)19-15(4)17(12)14(3)18-8-5-9-20-11-16-6-7-16/h10,14,16,18H,5-9,11H2,1-4H3. The molecule has 3 nitrogen and oxygen atoms in total. The summed E-state index contributed by atoms with van der Waals surface area (Å²) in [7, 11) is 0. The maximum atomic E-state index is 5.66. The van der Waals surface area contributed by atoms with E-state index in [-0.39, 0.29) is 0 Å². The third-order valence-corrected chi connectivity index (χ3v) is 3.98. The van der Waals surface area contributed by atoms with Crippen molar-refractivity contribution in [1.29, 1.82) is 0 Å². The minimum atomic E-state index is 0.353. The van der Waals surface area contributed by atoms with Gasteiger partial charge in [-0.3, -0.25) is 4.98 Å². The summed E-state index contributed by atoms with van der Waals surface area (Å²) in [5.74, 6) is 0.866. The number of rotatable bonds is 8. The zero-order valence-corrected chi connectivity index (χ0v) is 13.3. The number of hydrogen-bond donors (Lipinski definition) is 1. The van der Waals surface area contributed by atoms with Gasteiger partial charge in [-0.2, -0.15) is 0 Å². The molecule has 1 aliphatic rings. The number of ether oxygens (including phenoxy) is 1. The molecule has 1 fully saturated rings. The van der Waals surface area contributed by atoms with Crippen LogP contribution in [0.5, 0.6) is 0 Å². The fourth-order valence-electron chi connectivity index (χ4n) is 2.82. The number of pyridine rings is 1. The predicted octanol–water partition coefficient (Wildman–Crippen LogP) is 3.47. The molecule has 1 N–H and O–H groups in total. The Morgan fingerprint density at radius 1 is 1.35 bits per heavy atom. The molecule has 0 radical (unpaired) electrons. The number of nitrogens with one attached hydrogen (secondary N) is 1. The van der Waals surface area contributed by atoms with Gasteiger partial charge in [0.25, 0.3) is 0 Å². The average Bonchev–Trinajstić information content (AvgIpc) is 3.16. The molecule has 1 aromatic heterocycles. The molecule has 0 spiro atoms. The normalized spacial score (nSPS) is 16.4. The zero-order chi connectivity index (χ0) is 14.5. The molecule has 0 aromatic carbocycles. The molecule has 1 unspecified atom stereocenters. The second-order valence-electron chi connectivity index (χ2n) is 6.13. The third-order valence-electron chi connectivity index (χ3n) is 3.98. The van der Waals surface area contributed by atoms with Crippen LogP contribution in [0.15, 0.2) is 6.07 Å². The van der Waals surface area contributed by atoms with Gasteiger partial charge in [0.15, 0.2) is 0 Å². The van der Waals surface area contributed by atoms with Gasteiger partial charge >= 0.3 is 0 Å². The third kappa shape index (κ3) is 4.57. The zero-order valence-electron chi connectivity index (χ0n) is 13.3. The molecular formula is C17H28N2O. The van der Waals surface area contributed by atoms with Crippen molar-refractivity contribution in [3.05, 3.63) is 28.6 Å². The average molecular weight is 276 g/mol. The first-order valence-electron chi connectivity index (χ1n) is 7.83. The van der Waals surface area contributed by atoms with Crippen LogP contribution in [0.1, 0.15) is 54.7 Å². The van der Waals surface area contributed by atoms with Gasteiger partial charge in [-0.1, -0.05) is 0 Å². The van der Waals surface area contributed by atoms with Crippen LogP contribution in [0.4, 0.5) is 0 Å². The van der Waals surface area contributed by atoms with Crippen molar-refractivity contribution < 1.29 is 4.74 Å². The summed E-state index contributed by atoms with van der Waals surface area (Å²) in [4.78, 5) is 4.57. The molecule has 2 rings (SSSR count). The first kappa shape index (κ1) is 15.5. The largest absolute Gasteiger partial charge is 0.381 e. The Balaban J connectivity index is 1.72. The quantitative estimate of drug-likeness (QED) is 0.738. The highest BCUT2D eigenvalue weighted by Gasteiger charge is 2.20. The maximum absolute atomic E-state index is 5.66. The van der Waals surface area contributed by atoms with Crippen LogP contribution in [-0.4, -0.2) is 24.7 Å². The Morgan fingerprint density at radius 2 is 2.10 bits per heavy atom. The number of hydrogen-bond acceptors (Lipinski definition) is 3. The Bertz CT molecular complexity index is 418. The minimum Gasteiger partial charge on any atom is -0.381 e. The lowest BCUT2D eigenvalue weighted by Crippen LogP contribution is -2.23. The molecule has 0 bridgehead atoms. The maximum Gasteiger partial charge on any atom is 0.0494 e. The van der Waals surface area contributed by atoms with Gasteiger partial charge in [0.1, 0.15) is 0 Å². The van der Waals surface area contributed by atoms with Gasteiger partial charge in [-0.05, 0) is 76.6 Å². The van der Waals surface area contributed by atoms with Gasteiger partial charge in [0.2, 0.25) is 0 Å². The number of nitrogens with zero attached hydrogens (tertiary/aromatic N) is 1. The molecule has 1 aromatic rings. The molecule has 1 heterocycles. The van der Waals surface area contributed by atoms with E-state index in [1.807, 2.05) is 0 Å². The van der Waals surface area contributed by atoms with E-state index in [1.54, 1.807) is 0 Å². The SMILES string of the molecule is Cc1cc(C)c(C(C)NCCCOCC2CC2)c(C)n1. The topological polar surface area (TPSA) is 34.1 Å². The first-order valence-corrected chi connectivity index (χ1v) is 7.83. The highest BCUT2D eigenvalue weighted by molar-refractivity contribution is 5.33. The molecule has 112 valence electrons. The van der Waals surface area contributed by atoms with Gasteiger partial charge in [0, 0.05) is 30.6 Å². The Hall–Kier alpha value is -0.930. The van der Waals surface area contributed by atoms with Crippen molar-refractivity contribution in [2.24, 2.45) is 5.92 Å². The number of aryl methyl sites for hydroxylation is 3. The van der Waals surface area contributed by atoms with E-state index in [9.17, 15) is 0 Å². The molecular weight excluding hydrogens is 248 g/mol. The first-order chi connectivity index (χ1) is 9.58. The summed E-state index contributed by atoms with van der Waals surface area (Å²) in [5.41, 5.74) is 4.92. The Morgan fingerprint density at radius 3 is 2.75 bits per heavy atom. The fraction of sp³-hybridized carbons (Fsp3) is 0.706. The summed E-state index contributed by atoms with van der Waals surface area (Å²) in [5, 5.41) is 3.58. The molecule has 0 amide bonds. The Labute approximate surface area is 123 Å². The van der Waals surface area contributed by atoms with E-state index in [0.717, 1.165) is 43.5 Å². The molecule has 1 atom stereocenters. The van der Waals surface area contributed by atoms with Crippen LogP contribution in [0, 0.1) is 26.7 Å². The van der Waals surface area contributed by atoms with E-state index >= 15 is 0 Å². The molecule has 1 saturated carbocycles. The second kappa shape index (κ2) is 7.19. The van der Waals surface area contributed by atoms with Crippen LogP contribution in [-0.2, 0) is 4.74 Å². The fourth-order valence-corrected chi connectivity index (χ4v) is 2.82. The van der Waals surface area contributed by atoms with Gasteiger partial charge in [0.05, 0.1) is 0 Å². The number of aromatic nitrogens is 1. The molecule has 0 saturated heterocycles. The van der Waals surface area contributed by atoms with Crippen molar-refractivity contribution in [3.8, 4) is 0 Å². The lowest BCUT2D eigenvalue weighted by molar-refractivity contribution is 0.121. The van der Waals surface area contributed by atoms with E-state index in [4.69, 9.17) is 4.74 Å². The molecule has 0 aliphatic heterocycles. The van der Waals surface area contributed by atoms with Crippen LogP contribution < -0.4 is 5.32 Å². The Kier molecular flexibility index (Phi) is 5.55. The summed E-state index contributed by atoms with van der Waals surface area (Å²) >= 11 is 0. The monoisotopic (exact) mass is 276 g/mol. The van der Waals surface area contributed by atoms with Crippen LogP contribution in [0.3, 0.4) is 0 Å². The van der Waals surface area contributed by atoms with Crippen molar-refractivity contribution in [3.63, 3.8) is 0 Å². The van der Waals surface area contributed by atoms with Crippen molar-refractivity contribution in [2.75, 3.05) is 19.8 Å². The van der Waals surface area contributed by atoms with Crippen LogP contribution >= 0.6 is 0 Å². The second-order valence-corrected chi connectivity index (χ2v) is 6.13. The molecule has 20 heavy (non-hydrogen) atoms. The van der Waals surface area contributed by atoms with Crippen LogP contribution in [0.25, 0.3) is 0 Å². The highest BCUT2D eigenvalue weighted by atomic mass is 16.5. The van der Waals surface area contributed by atoms with Crippen molar-refractivity contribution >= 4 is 0 Å². The lowest BCUT2D eigenvalue weighted by Gasteiger charge is -2.19. The molecule has 3 heteroatoms. The van der Waals surface area contributed by atoms with E-state index < -0.39 is 0 Å². The van der Waals surface area contributed by atoms with Crippen LogP contribution in [0.2, 0.25) is 0 Å². The lowest BCUT2D eigenvalue weighted by atomic mass is 10.0. The van der Waals surface area contributed by atoms with Crippen molar-refractivity contribution in [1.82, 2.24) is 10.3 Å². The molecule has 1 aliphatic carbocycles. The minimum absolute atomic E-state index is 0.353. The van der Waals surface area contributed by atoms with Crippen molar-refractivity contribution in [2.45, 2.75) is 53.0 Å². The predicted molar refractivity (Wildman–Crippen MR) is 83.0 cm³/mol. The highest BCUT2D eigenvalue weighted by Crippen LogP contribution is 2.28. The van der Waals surface area contributed by atoms with E-state index in [2.05, 4.69) is 44.1 Å².